The lowest BCUT2D eigenvalue weighted by Crippen LogP contribution is -2.12. The van der Waals surface area contributed by atoms with Crippen LogP contribution in [0.3, 0.4) is 0 Å². The van der Waals surface area contributed by atoms with Crippen LogP contribution in [0.1, 0.15) is 5.56 Å². The van der Waals surface area contributed by atoms with Gasteiger partial charge in [-0.2, -0.15) is 0 Å². The zero-order chi connectivity index (χ0) is 14.7. The molecule has 1 aromatic heterocycles. The van der Waals surface area contributed by atoms with Crippen molar-refractivity contribution in [2.24, 2.45) is 0 Å². The van der Waals surface area contributed by atoms with Crippen LogP contribution in [0, 0.1) is 6.92 Å². The predicted molar refractivity (Wildman–Crippen MR) is 84.3 cm³/mol. The Hall–Kier alpha value is -1.75. The Kier molecular flexibility index (Phi) is 4.49. The van der Waals surface area contributed by atoms with Crippen LogP contribution < -0.4 is 14.4 Å². The summed E-state index contributed by atoms with van der Waals surface area (Å²) in [5.74, 6) is 2.44. The van der Waals surface area contributed by atoms with Gasteiger partial charge < -0.3 is 14.4 Å². The zero-order valence-electron chi connectivity index (χ0n) is 12.0. The summed E-state index contributed by atoms with van der Waals surface area (Å²) in [6.07, 6.45) is 1.77. The number of pyridine rings is 1. The first-order valence-corrected chi connectivity index (χ1v) is 6.94. The lowest BCUT2D eigenvalue weighted by Gasteiger charge is -2.22. The fraction of sp³-hybridized carbons (Fsp3) is 0.267. The minimum Gasteiger partial charge on any atom is -0.496 e. The van der Waals surface area contributed by atoms with Crippen LogP contribution in [0.4, 0.5) is 11.5 Å². The standard InChI is InChI=1S/C15H17BrN2O2/c1-10-7-14(20-4)12(8-13(10)19-3)18(2)15-6-5-11(16)9-17-15/h5-9H,1-4H3. The molecule has 0 spiro atoms. The Morgan fingerprint density at radius 2 is 1.80 bits per heavy atom. The highest BCUT2D eigenvalue weighted by molar-refractivity contribution is 9.10. The van der Waals surface area contributed by atoms with Gasteiger partial charge in [-0.05, 0) is 46.6 Å². The number of hydrogen-bond donors (Lipinski definition) is 0. The Morgan fingerprint density at radius 1 is 1.10 bits per heavy atom. The molecule has 0 aliphatic rings. The lowest BCUT2D eigenvalue weighted by atomic mass is 10.1. The number of anilines is 2. The van der Waals surface area contributed by atoms with E-state index in [0.29, 0.717) is 0 Å². The average molecular weight is 337 g/mol. The minimum absolute atomic E-state index is 0.788. The van der Waals surface area contributed by atoms with Gasteiger partial charge in [-0.3, -0.25) is 0 Å². The summed E-state index contributed by atoms with van der Waals surface area (Å²) in [6.45, 7) is 1.99. The Morgan fingerprint density at radius 3 is 2.35 bits per heavy atom. The number of benzene rings is 1. The maximum Gasteiger partial charge on any atom is 0.143 e. The van der Waals surface area contributed by atoms with E-state index in [1.54, 1.807) is 20.4 Å². The van der Waals surface area contributed by atoms with Crippen molar-refractivity contribution >= 4 is 27.4 Å². The van der Waals surface area contributed by atoms with Gasteiger partial charge in [-0.25, -0.2) is 4.98 Å². The first kappa shape index (κ1) is 14.7. The van der Waals surface area contributed by atoms with E-state index in [2.05, 4.69) is 20.9 Å². The molecule has 20 heavy (non-hydrogen) atoms. The number of nitrogens with zero attached hydrogens (tertiary/aromatic N) is 2. The monoisotopic (exact) mass is 336 g/mol. The number of aryl methyl sites for hydroxylation is 1. The van der Waals surface area contributed by atoms with Gasteiger partial charge in [-0.15, -0.1) is 0 Å². The topological polar surface area (TPSA) is 34.6 Å². The quantitative estimate of drug-likeness (QED) is 0.846. The van der Waals surface area contributed by atoms with Gasteiger partial charge in [0.15, 0.2) is 0 Å². The van der Waals surface area contributed by atoms with E-state index >= 15 is 0 Å². The molecule has 0 radical (unpaired) electrons. The van der Waals surface area contributed by atoms with Crippen LogP contribution in [-0.2, 0) is 0 Å². The van der Waals surface area contributed by atoms with Gasteiger partial charge in [0.25, 0.3) is 0 Å². The van der Waals surface area contributed by atoms with Gasteiger partial charge in [0.2, 0.25) is 0 Å². The third-order valence-electron chi connectivity index (χ3n) is 3.11. The van der Waals surface area contributed by atoms with Gasteiger partial charge in [0.1, 0.15) is 17.3 Å². The summed E-state index contributed by atoms with van der Waals surface area (Å²) in [5.41, 5.74) is 1.94. The molecule has 1 heterocycles. The second-order valence-electron chi connectivity index (χ2n) is 4.39. The van der Waals surface area contributed by atoms with E-state index in [0.717, 1.165) is 33.0 Å². The summed E-state index contributed by atoms with van der Waals surface area (Å²) in [4.78, 5) is 6.36. The molecule has 0 saturated heterocycles. The molecular formula is C15H17BrN2O2. The van der Waals surface area contributed by atoms with Crippen LogP contribution >= 0.6 is 15.9 Å². The molecule has 0 atom stereocenters. The molecule has 0 aliphatic carbocycles. The van der Waals surface area contributed by atoms with Crippen LogP contribution in [-0.4, -0.2) is 26.3 Å². The van der Waals surface area contributed by atoms with E-state index in [1.807, 2.05) is 43.1 Å². The van der Waals surface area contributed by atoms with Crippen LogP contribution in [0.15, 0.2) is 34.9 Å². The summed E-state index contributed by atoms with van der Waals surface area (Å²) in [7, 11) is 5.27. The number of methoxy groups -OCH3 is 2. The van der Waals surface area contributed by atoms with Crippen molar-refractivity contribution in [2.45, 2.75) is 6.92 Å². The molecular weight excluding hydrogens is 320 g/mol. The molecule has 0 bridgehead atoms. The summed E-state index contributed by atoms with van der Waals surface area (Å²) < 4.78 is 11.8. The SMILES string of the molecule is COc1cc(N(C)c2ccc(Br)cn2)c(OC)cc1C. The van der Waals surface area contributed by atoms with Crippen molar-refractivity contribution in [2.75, 3.05) is 26.2 Å². The number of ether oxygens (including phenoxy) is 2. The normalized spacial score (nSPS) is 10.2. The first-order chi connectivity index (χ1) is 9.56. The Labute approximate surface area is 127 Å². The molecule has 1 aromatic carbocycles. The highest BCUT2D eigenvalue weighted by Gasteiger charge is 2.14. The number of aromatic nitrogens is 1. The average Bonchev–Trinajstić information content (AvgIpc) is 2.47. The first-order valence-electron chi connectivity index (χ1n) is 6.14. The third kappa shape index (κ3) is 2.88. The maximum atomic E-state index is 5.46. The van der Waals surface area contributed by atoms with Gasteiger partial charge in [0, 0.05) is 23.8 Å². The van der Waals surface area contributed by atoms with E-state index in [9.17, 15) is 0 Å². The molecule has 0 saturated carbocycles. The van der Waals surface area contributed by atoms with Gasteiger partial charge in [0.05, 0.1) is 19.9 Å². The second kappa shape index (κ2) is 6.13. The highest BCUT2D eigenvalue weighted by atomic mass is 79.9. The van der Waals surface area contributed by atoms with Gasteiger partial charge in [-0.1, -0.05) is 0 Å². The van der Waals surface area contributed by atoms with E-state index in [1.165, 1.54) is 0 Å². The van der Waals surface area contributed by atoms with Gasteiger partial charge >= 0.3 is 0 Å². The molecule has 0 N–H and O–H groups in total. The third-order valence-corrected chi connectivity index (χ3v) is 3.58. The van der Waals surface area contributed by atoms with Crippen molar-refractivity contribution in [1.29, 1.82) is 0 Å². The van der Waals surface area contributed by atoms with E-state index in [4.69, 9.17) is 9.47 Å². The molecule has 2 aromatic rings. The molecule has 0 unspecified atom stereocenters. The zero-order valence-corrected chi connectivity index (χ0v) is 13.6. The van der Waals surface area contributed by atoms with Crippen molar-refractivity contribution in [3.8, 4) is 11.5 Å². The fourth-order valence-corrected chi connectivity index (χ4v) is 2.22. The van der Waals surface area contributed by atoms with E-state index < -0.39 is 0 Å². The number of hydrogen-bond acceptors (Lipinski definition) is 4. The molecule has 5 heteroatoms. The van der Waals surface area contributed by atoms with Crippen molar-refractivity contribution in [1.82, 2.24) is 4.98 Å². The van der Waals surface area contributed by atoms with Crippen molar-refractivity contribution in [3.05, 3.63) is 40.5 Å². The van der Waals surface area contributed by atoms with Crippen LogP contribution in [0.5, 0.6) is 11.5 Å². The smallest absolute Gasteiger partial charge is 0.143 e. The fourth-order valence-electron chi connectivity index (χ4n) is 1.99. The van der Waals surface area contributed by atoms with E-state index in [-0.39, 0.29) is 0 Å². The minimum atomic E-state index is 0.788. The molecule has 0 fully saturated rings. The molecule has 2 rings (SSSR count). The number of rotatable bonds is 4. The van der Waals surface area contributed by atoms with Crippen molar-refractivity contribution in [3.63, 3.8) is 0 Å². The second-order valence-corrected chi connectivity index (χ2v) is 5.30. The molecule has 0 aliphatic heterocycles. The van der Waals surface area contributed by atoms with Crippen LogP contribution in [0.2, 0.25) is 0 Å². The maximum absolute atomic E-state index is 5.46. The largest absolute Gasteiger partial charge is 0.496 e. The summed E-state index contributed by atoms with van der Waals surface area (Å²) >= 11 is 3.39. The summed E-state index contributed by atoms with van der Waals surface area (Å²) in [5, 5.41) is 0. The number of halogens is 1. The predicted octanol–water partition coefficient (Wildman–Crippen LogP) is 3.94. The molecule has 0 amide bonds. The molecule has 106 valence electrons. The lowest BCUT2D eigenvalue weighted by molar-refractivity contribution is 0.401. The summed E-state index contributed by atoms with van der Waals surface area (Å²) in [6, 6.07) is 7.81. The molecule has 4 nitrogen and oxygen atoms in total. The van der Waals surface area contributed by atoms with Crippen LogP contribution in [0.25, 0.3) is 0 Å². The Balaban J connectivity index is 2.47. The van der Waals surface area contributed by atoms with Crippen molar-refractivity contribution < 1.29 is 9.47 Å². The Bertz CT molecular complexity index is 600. The highest BCUT2D eigenvalue weighted by Crippen LogP contribution is 2.37.